The van der Waals surface area contributed by atoms with Gasteiger partial charge in [-0.25, -0.2) is 4.98 Å². The van der Waals surface area contributed by atoms with Crippen LogP contribution in [0.3, 0.4) is 0 Å². The maximum absolute atomic E-state index is 13.5. The van der Waals surface area contributed by atoms with Crippen molar-refractivity contribution in [3.05, 3.63) is 63.9 Å². The first-order valence-corrected chi connectivity index (χ1v) is 12.1. The lowest BCUT2D eigenvalue weighted by Gasteiger charge is -2.31. The molecule has 33 heavy (non-hydrogen) atoms. The maximum atomic E-state index is 13.5. The molecule has 1 aliphatic heterocycles. The highest BCUT2D eigenvalue weighted by atomic mass is 32.2. The summed E-state index contributed by atoms with van der Waals surface area (Å²) in [4.78, 5) is 44.2. The van der Waals surface area contributed by atoms with E-state index >= 15 is 0 Å². The molecule has 0 aliphatic carbocycles. The van der Waals surface area contributed by atoms with E-state index in [0.29, 0.717) is 29.1 Å². The molecule has 2 aromatic carbocycles. The molecule has 1 aromatic heterocycles. The lowest BCUT2D eigenvalue weighted by molar-refractivity contribution is -0.130. The molecule has 0 radical (unpaired) electrons. The number of para-hydroxylation sites is 2. The number of nitrogens with one attached hydrogen (secondary N) is 1. The molecule has 2 amide bonds. The Labute approximate surface area is 197 Å². The third-order valence-electron chi connectivity index (χ3n) is 6.05. The van der Waals surface area contributed by atoms with Gasteiger partial charge in [0.2, 0.25) is 11.8 Å². The molecule has 0 spiro atoms. The molecule has 3 aromatic rings. The Morgan fingerprint density at radius 2 is 1.73 bits per heavy atom. The molecule has 1 saturated heterocycles. The van der Waals surface area contributed by atoms with Crippen LogP contribution < -0.4 is 10.9 Å². The predicted octanol–water partition coefficient (Wildman–Crippen LogP) is 3.22. The first kappa shape index (κ1) is 23.0. The van der Waals surface area contributed by atoms with E-state index in [2.05, 4.69) is 5.32 Å². The number of amides is 2. The van der Waals surface area contributed by atoms with E-state index in [0.717, 1.165) is 29.7 Å². The zero-order chi connectivity index (χ0) is 23.5. The number of piperidine rings is 1. The van der Waals surface area contributed by atoms with Crippen molar-refractivity contribution in [2.75, 3.05) is 18.8 Å². The highest BCUT2D eigenvalue weighted by molar-refractivity contribution is 7.99. The fourth-order valence-electron chi connectivity index (χ4n) is 4.30. The smallest absolute Gasteiger partial charge is 0.266 e. The molecule has 1 N–H and O–H groups in total. The largest absolute Gasteiger partial charge is 0.353 e. The molecule has 0 bridgehead atoms. The van der Waals surface area contributed by atoms with Gasteiger partial charge in [0.25, 0.3) is 5.56 Å². The van der Waals surface area contributed by atoms with Gasteiger partial charge in [-0.2, -0.15) is 0 Å². The van der Waals surface area contributed by atoms with Crippen molar-refractivity contribution in [2.24, 2.45) is 0 Å². The van der Waals surface area contributed by atoms with E-state index in [1.165, 1.54) is 11.8 Å². The Morgan fingerprint density at radius 3 is 2.39 bits per heavy atom. The summed E-state index contributed by atoms with van der Waals surface area (Å²) in [7, 11) is 0. The van der Waals surface area contributed by atoms with Gasteiger partial charge in [-0.1, -0.05) is 42.1 Å². The molecule has 8 heteroatoms. The summed E-state index contributed by atoms with van der Waals surface area (Å²) >= 11 is 1.27. The second kappa shape index (κ2) is 9.79. The van der Waals surface area contributed by atoms with Gasteiger partial charge in [-0.3, -0.25) is 19.0 Å². The van der Waals surface area contributed by atoms with Gasteiger partial charge in [0, 0.05) is 26.1 Å². The third-order valence-corrected chi connectivity index (χ3v) is 6.98. The minimum Gasteiger partial charge on any atom is -0.353 e. The second-order valence-electron chi connectivity index (χ2n) is 8.43. The number of carbonyl (C=O) groups excluding carboxylic acids is 2. The Morgan fingerprint density at radius 1 is 1.06 bits per heavy atom. The van der Waals surface area contributed by atoms with Gasteiger partial charge in [-0.05, 0) is 49.9 Å². The molecule has 172 valence electrons. The van der Waals surface area contributed by atoms with Gasteiger partial charge in [0.1, 0.15) is 0 Å². The first-order valence-electron chi connectivity index (χ1n) is 11.1. The van der Waals surface area contributed by atoms with Crippen LogP contribution in [-0.2, 0) is 9.59 Å². The van der Waals surface area contributed by atoms with Crippen molar-refractivity contribution in [3.8, 4) is 5.69 Å². The monoisotopic (exact) mass is 464 g/mol. The molecule has 0 saturated carbocycles. The Balaban J connectivity index is 1.58. The number of fused-ring (bicyclic) bond motifs is 1. The molecule has 1 fully saturated rings. The van der Waals surface area contributed by atoms with Crippen LogP contribution in [0.25, 0.3) is 16.6 Å². The second-order valence-corrected chi connectivity index (χ2v) is 9.37. The number of aryl methyl sites for hydroxylation is 2. The summed E-state index contributed by atoms with van der Waals surface area (Å²) in [5, 5.41) is 4.11. The lowest BCUT2D eigenvalue weighted by atomic mass is 10.1. The quantitative estimate of drug-likeness (QED) is 0.463. The summed E-state index contributed by atoms with van der Waals surface area (Å²) in [5.74, 6) is 0.127. The van der Waals surface area contributed by atoms with E-state index in [1.54, 1.807) is 22.5 Å². The van der Waals surface area contributed by atoms with E-state index < -0.39 is 0 Å². The molecule has 0 atom stereocenters. The number of carbonyl (C=O) groups is 2. The van der Waals surface area contributed by atoms with E-state index in [-0.39, 0.29) is 29.2 Å². The van der Waals surface area contributed by atoms with Crippen molar-refractivity contribution in [1.82, 2.24) is 19.8 Å². The van der Waals surface area contributed by atoms with Crippen LogP contribution in [-0.4, -0.2) is 51.1 Å². The van der Waals surface area contributed by atoms with Crippen LogP contribution in [0.5, 0.6) is 0 Å². The van der Waals surface area contributed by atoms with Crippen LogP contribution in [0.1, 0.15) is 30.9 Å². The average Bonchev–Trinajstić information content (AvgIpc) is 2.79. The lowest BCUT2D eigenvalue weighted by Crippen LogP contribution is -2.46. The van der Waals surface area contributed by atoms with Crippen molar-refractivity contribution in [2.45, 2.75) is 44.8 Å². The van der Waals surface area contributed by atoms with Crippen LogP contribution in [0.2, 0.25) is 0 Å². The summed E-state index contributed by atoms with van der Waals surface area (Å²) in [6.07, 6.45) is 1.49. The van der Waals surface area contributed by atoms with Gasteiger partial charge >= 0.3 is 0 Å². The number of aromatic nitrogens is 2. The number of thioether (sulfide) groups is 1. The number of rotatable bonds is 5. The third kappa shape index (κ3) is 4.95. The Hall–Kier alpha value is -3.13. The maximum Gasteiger partial charge on any atom is 0.266 e. The fraction of sp³-hybridized carbons (Fsp3) is 0.360. The average molecular weight is 465 g/mol. The van der Waals surface area contributed by atoms with Gasteiger partial charge in [0.15, 0.2) is 5.16 Å². The molecular formula is C25H28N4O3S. The van der Waals surface area contributed by atoms with Crippen LogP contribution >= 0.6 is 11.8 Å². The highest BCUT2D eigenvalue weighted by Gasteiger charge is 2.23. The highest BCUT2D eigenvalue weighted by Crippen LogP contribution is 2.25. The van der Waals surface area contributed by atoms with Gasteiger partial charge in [0.05, 0.1) is 22.3 Å². The number of nitrogens with zero attached hydrogens (tertiary/aromatic N) is 3. The van der Waals surface area contributed by atoms with Gasteiger partial charge in [-0.15, -0.1) is 0 Å². The standard InChI is InChI=1S/C25H28N4O3S/c1-16-7-6-8-17(2)23(16)29-24(32)20-9-4-5-10-21(20)27-25(29)33-15-22(31)26-19-11-13-28(14-12-19)18(3)30/h4-10,19H,11-15H2,1-3H3,(H,26,31). The fourth-order valence-corrected chi connectivity index (χ4v) is 5.11. The minimum absolute atomic E-state index is 0.0547. The van der Waals surface area contributed by atoms with E-state index in [4.69, 9.17) is 4.98 Å². The molecule has 0 unspecified atom stereocenters. The molecule has 2 heterocycles. The van der Waals surface area contributed by atoms with Gasteiger partial charge < -0.3 is 10.2 Å². The number of hydrogen-bond donors (Lipinski definition) is 1. The number of hydrogen-bond acceptors (Lipinski definition) is 5. The SMILES string of the molecule is CC(=O)N1CCC(NC(=O)CSc2nc3ccccc3c(=O)n2-c2c(C)cccc2C)CC1. The predicted molar refractivity (Wildman–Crippen MR) is 131 cm³/mol. The molecule has 7 nitrogen and oxygen atoms in total. The Kier molecular flexibility index (Phi) is 6.83. The molecule has 1 aliphatic rings. The summed E-state index contributed by atoms with van der Waals surface area (Å²) in [6.45, 7) is 6.83. The number of likely N-dealkylation sites (tertiary alicyclic amines) is 1. The molecule has 4 rings (SSSR count). The van der Waals surface area contributed by atoms with Crippen molar-refractivity contribution in [3.63, 3.8) is 0 Å². The zero-order valence-electron chi connectivity index (χ0n) is 19.1. The van der Waals surface area contributed by atoms with E-state index in [9.17, 15) is 14.4 Å². The van der Waals surface area contributed by atoms with Crippen molar-refractivity contribution in [1.29, 1.82) is 0 Å². The number of benzene rings is 2. The van der Waals surface area contributed by atoms with Crippen LogP contribution in [0.15, 0.2) is 52.4 Å². The summed E-state index contributed by atoms with van der Waals surface area (Å²) in [6, 6.07) is 13.2. The molecular weight excluding hydrogens is 436 g/mol. The summed E-state index contributed by atoms with van der Waals surface area (Å²) in [5.41, 5.74) is 3.22. The van der Waals surface area contributed by atoms with Crippen molar-refractivity contribution < 1.29 is 9.59 Å². The summed E-state index contributed by atoms with van der Waals surface area (Å²) < 4.78 is 1.64. The van der Waals surface area contributed by atoms with E-state index in [1.807, 2.05) is 50.2 Å². The zero-order valence-corrected chi connectivity index (χ0v) is 19.9. The Bertz CT molecular complexity index is 1240. The van der Waals surface area contributed by atoms with Crippen LogP contribution in [0.4, 0.5) is 0 Å². The minimum atomic E-state index is -0.141. The topological polar surface area (TPSA) is 84.3 Å². The van der Waals surface area contributed by atoms with Crippen LogP contribution in [0, 0.1) is 13.8 Å². The van der Waals surface area contributed by atoms with Crippen molar-refractivity contribution >= 4 is 34.5 Å². The first-order chi connectivity index (χ1) is 15.8. The normalized spacial score (nSPS) is 14.5.